The van der Waals surface area contributed by atoms with Gasteiger partial charge in [-0.25, -0.2) is 0 Å². The molecule has 0 amide bonds. The highest BCUT2D eigenvalue weighted by Gasteiger charge is 2.20. The van der Waals surface area contributed by atoms with E-state index in [9.17, 15) is 14.7 Å². The Bertz CT molecular complexity index is 1120. The first-order valence-corrected chi connectivity index (χ1v) is 8.47. The van der Waals surface area contributed by atoms with Crippen LogP contribution in [0.3, 0.4) is 0 Å². The number of aromatic nitrogens is 1. The van der Waals surface area contributed by atoms with Crippen LogP contribution in [0.25, 0.3) is 21.8 Å². The molecule has 0 atom stereocenters. The summed E-state index contributed by atoms with van der Waals surface area (Å²) < 4.78 is 12.2. The Balaban J connectivity index is 2.64. The van der Waals surface area contributed by atoms with Crippen molar-refractivity contribution in [3.63, 3.8) is 0 Å². The number of carbonyl (C=O) groups is 1. The number of pyridine rings is 1. The van der Waals surface area contributed by atoms with Crippen molar-refractivity contribution in [2.45, 2.75) is 6.54 Å². The SMILES string of the molecule is COc1cc2c(=O)c3ccc(Cl)c(N(C)C)c3n(CC(=O)O)c2cc1OC. The second kappa shape index (κ2) is 7.00. The van der Waals surface area contributed by atoms with Crippen LogP contribution in [-0.2, 0) is 11.3 Å². The fraction of sp³-hybridized carbons (Fsp3) is 0.263. The van der Waals surface area contributed by atoms with Crippen LogP contribution >= 0.6 is 11.6 Å². The average Bonchev–Trinajstić information content (AvgIpc) is 2.63. The molecule has 0 aliphatic rings. The number of benzene rings is 2. The van der Waals surface area contributed by atoms with Gasteiger partial charge in [-0.1, -0.05) is 11.6 Å². The van der Waals surface area contributed by atoms with E-state index < -0.39 is 5.97 Å². The van der Waals surface area contributed by atoms with E-state index in [4.69, 9.17) is 21.1 Å². The van der Waals surface area contributed by atoms with E-state index in [2.05, 4.69) is 0 Å². The molecule has 3 aromatic rings. The number of nitrogens with zero attached hydrogens (tertiary/aromatic N) is 2. The monoisotopic (exact) mass is 390 g/mol. The fourth-order valence-electron chi connectivity index (χ4n) is 3.28. The normalized spacial score (nSPS) is 11.0. The molecule has 0 spiro atoms. The van der Waals surface area contributed by atoms with Crippen molar-refractivity contribution in [3.8, 4) is 11.5 Å². The summed E-state index contributed by atoms with van der Waals surface area (Å²) in [4.78, 5) is 26.5. The molecule has 0 saturated carbocycles. The predicted octanol–water partition coefficient (Wildman–Crippen LogP) is 2.98. The summed E-state index contributed by atoms with van der Waals surface area (Å²) in [7, 11) is 6.53. The zero-order chi connectivity index (χ0) is 19.9. The maximum Gasteiger partial charge on any atom is 0.323 e. The van der Waals surface area contributed by atoms with Gasteiger partial charge in [-0.15, -0.1) is 0 Å². The highest BCUT2D eigenvalue weighted by molar-refractivity contribution is 6.35. The van der Waals surface area contributed by atoms with Crippen LogP contribution in [0.5, 0.6) is 11.5 Å². The molecule has 142 valence electrons. The summed E-state index contributed by atoms with van der Waals surface area (Å²) in [5.41, 5.74) is 1.23. The van der Waals surface area contributed by atoms with Crippen LogP contribution in [0.4, 0.5) is 5.69 Å². The lowest BCUT2D eigenvalue weighted by molar-refractivity contribution is -0.137. The Kier molecular flexibility index (Phi) is 4.89. The molecule has 0 fully saturated rings. The van der Waals surface area contributed by atoms with Gasteiger partial charge in [-0.3, -0.25) is 9.59 Å². The molecule has 8 heteroatoms. The van der Waals surface area contributed by atoms with Gasteiger partial charge in [0.05, 0.1) is 41.3 Å². The summed E-state index contributed by atoms with van der Waals surface area (Å²) in [6, 6.07) is 6.43. The Hall–Kier alpha value is -2.93. The maximum atomic E-state index is 13.2. The molecule has 3 rings (SSSR count). The summed E-state index contributed by atoms with van der Waals surface area (Å²) in [5.74, 6) is -0.248. The minimum Gasteiger partial charge on any atom is -0.493 e. The number of rotatable bonds is 5. The second-order valence-corrected chi connectivity index (χ2v) is 6.63. The van der Waals surface area contributed by atoms with Gasteiger partial charge in [0.2, 0.25) is 0 Å². The first-order valence-electron chi connectivity index (χ1n) is 8.10. The molecule has 27 heavy (non-hydrogen) atoms. The van der Waals surface area contributed by atoms with Crippen molar-refractivity contribution in [3.05, 3.63) is 39.5 Å². The Morgan fingerprint density at radius 3 is 2.33 bits per heavy atom. The molecule has 1 heterocycles. The number of methoxy groups -OCH3 is 2. The van der Waals surface area contributed by atoms with Gasteiger partial charge >= 0.3 is 5.97 Å². The molecule has 1 aromatic heterocycles. The third-order valence-corrected chi connectivity index (χ3v) is 4.70. The van der Waals surface area contributed by atoms with Crippen LogP contribution in [-0.4, -0.2) is 44.0 Å². The number of anilines is 1. The van der Waals surface area contributed by atoms with Gasteiger partial charge in [0.1, 0.15) is 6.54 Å². The Morgan fingerprint density at radius 2 is 1.78 bits per heavy atom. The minimum atomic E-state index is -1.04. The average molecular weight is 391 g/mol. The molecule has 0 radical (unpaired) electrons. The van der Waals surface area contributed by atoms with E-state index in [1.165, 1.54) is 14.2 Å². The number of carboxylic acid groups (broad SMARTS) is 1. The molecular formula is C19H19ClN2O5. The first-order chi connectivity index (χ1) is 12.8. The molecule has 7 nitrogen and oxygen atoms in total. The van der Waals surface area contributed by atoms with Gasteiger partial charge in [0, 0.05) is 25.5 Å². The molecule has 1 N–H and O–H groups in total. The number of fused-ring (bicyclic) bond motifs is 2. The van der Waals surface area contributed by atoms with E-state index >= 15 is 0 Å². The van der Waals surface area contributed by atoms with E-state index in [1.54, 1.807) is 47.8 Å². The zero-order valence-electron chi connectivity index (χ0n) is 15.4. The molecule has 0 saturated heterocycles. The summed E-state index contributed by atoms with van der Waals surface area (Å²) in [6.07, 6.45) is 0. The van der Waals surface area contributed by atoms with Crippen LogP contribution in [0, 0.1) is 0 Å². The Morgan fingerprint density at radius 1 is 1.15 bits per heavy atom. The standard InChI is InChI=1S/C19H19ClN2O5/c1-21(2)18-12(20)6-5-10-17(18)22(9-16(23)24)13-8-15(27-4)14(26-3)7-11(13)19(10)25/h5-8H,9H2,1-4H3,(H,23,24). The Labute approximate surface area is 160 Å². The fourth-order valence-corrected chi connectivity index (χ4v) is 3.60. The largest absolute Gasteiger partial charge is 0.493 e. The van der Waals surface area contributed by atoms with Crippen molar-refractivity contribution < 1.29 is 19.4 Å². The highest BCUT2D eigenvalue weighted by Crippen LogP contribution is 2.37. The van der Waals surface area contributed by atoms with Crippen LogP contribution in [0.15, 0.2) is 29.1 Å². The summed E-state index contributed by atoms with van der Waals surface area (Å²) >= 11 is 6.37. The molecule has 2 aromatic carbocycles. The van der Waals surface area contributed by atoms with Crippen molar-refractivity contribution in [1.29, 1.82) is 0 Å². The van der Waals surface area contributed by atoms with Crippen LogP contribution in [0.1, 0.15) is 0 Å². The molecule has 0 aliphatic heterocycles. The van der Waals surface area contributed by atoms with E-state index in [0.29, 0.717) is 44.0 Å². The number of carboxylic acids is 1. The number of ether oxygens (including phenoxy) is 2. The summed E-state index contributed by atoms with van der Waals surface area (Å²) in [5, 5.41) is 10.6. The lowest BCUT2D eigenvalue weighted by atomic mass is 10.1. The molecular weight excluding hydrogens is 372 g/mol. The zero-order valence-corrected chi connectivity index (χ0v) is 16.1. The van der Waals surface area contributed by atoms with Crippen molar-refractivity contribution in [1.82, 2.24) is 4.57 Å². The smallest absolute Gasteiger partial charge is 0.323 e. The topological polar surface area (TPSA) is 81.0 Å². The summed E-state index contributed by atoms with van der Waals surface area (Å²) in [6.45, 7) is -0.343. The van der Waals surface area contributed by atoms with E-state index in [0.717, 1.165) is 0 Å². The number of aliphatic carboxylic acids is 1. The predicted molar refractivity (Wildman–Crippen MR) is 106 cm³/mol. The molecule has 0 aliphatic carbocycles. The minimum absolute atomic E-state index is 0.234. The van der Waals surface area contributed by atoms with Crippen LogP contribution in [0.2, 0.25) is 5.02 Å². The quantitative estimate of drug-likeness (QED) is 0.674. The second-order valence-electron chi connectivity index (χ2n) is 6.22. The van der Waals surface area contributed by atoms with E-state index in [-0.39, 0.29) is 12.0 Å². The lowest BCUT2D eigenvalue weighted by Gasteiger charge is -2.22. The van der Waals surface area contributed by atoms with Crippen molar-refractivity contribution in [2.75, 3.05) is 33.2 Å². The van der Waals surface area contributed by atoms with Crippen LogP contribution < -0.4 is 19.8 Å². The van der Waals surface area contributed by atoms with Gasteiger partial charge in [-0.05, 0) is 18.2 Å². The molecule has 0 bridgehead atoms. The number of hydrogen-bond acceptors (Lipinski definition) is 5. The van der Waals surface area contributed by atoms with Gasteiger partial charge in [-0.2, -0.15) is 0 Å². The van der Waals surface area contributed by atoms with Crippen molar-refractivity contribution >= 4 is 45.1 Å². The first kappa shape index (κ1) is 18.8. The van der Waals surface area contributed by atoms with Gasteiger partial charge < -0.3 is 24.0 Å². The third kappa shape index (κ3) is 3.04. The van der Waals surface area contributed by atoms with E-state index in [1.807, 2.05) is 0 Å². The lowest BCUT2D eigenvalue weighted by Crippen LogP contribution is -2.20. The maximum absolute atomic E-state index is 13.2. The number of halogens is 1. The highest BCUT2D eigenvalue weighted by atomic mass is 35.5. The van der Waals surface area contributed by atoms with Crippen molar-refractivity contribution in [2.24, 2.45) is 0 Å². The van der Waals surface area contributed by atoms with Gasteiger partial charge in [0.25, 0.3) is 0 Å². The third-order valence-electron chi connectivity index (χ3n) is 4.39. The number of hydrogen-bond donors (Lipinski definition) is 1. The van der Waals surface area contributed by atoms with Gasteiger partial charge in [0.15, 0.2) is 16.9 Å². The molecule has 0 unspecified atom stereocenters.